The average Bonchev–Trinajstić information content (AvgIpc) is 2.70. The Labute approximate surface area is 107 Å². The van der Waals surface area contributed by atoms with Crippen molar-refractivity contribution >= 4 is 17.3 Å². The van der Waals surface area contributed by atoms with Gasteiger partial charge in [-0.05, 0) is 25.5 Å². The molecule has 0 unspecified atom stereocenters. The van der Waals surface area contributed by atoms with Crippen LogP contribution in [0.3, 0.4) is 0 Å². The number of aryl methyl sites for hydroxylation is 2. The Morgan fingerprint density at radius 2 is 2.05 bits per heavy atom. The van der Waals surface area contributed by atoms with Gasteiger partial charge in [0.2, 0.25) is 0 Å². The van der Waals surface area contributed by atoms with Crippen molar-refractivity contribution in [2.75, 3.05) is 11.1 Å². The van der Waals surface area contributed by atoms with Crippen molar-refractivity contribution in [3.63, 3.8) is 0 Å². The molecule has 1 aromatic carbocycles. The number of amides is 1. The quantitative estimate of drug-likeness (QED) is 0.778. The molecule has 100 valence electrons. The van der Waals surface area contributed by atoms with Gasteiger partial charge in [-0.2, -0.15) is 5.10 Å². The van der Waals surface area contributed by atoms with Crippen molar-refractivity contribution in [3.8, 4) is 0 Å². The Balaban J connectivity index is 2.35. The van der Waals surface area contributed by atoms with E-state index < -0.39 is 23.2 Å². The molecule has 7 heteroatoms. The summed E-state index contributed by atoms with van der Waals surface area (Å²) in [5.74, 6) is -2.45. The number of H-pyrrole nitrogens is 1. The van der Waals surface area contributed by atoms with E-state index in [1.165, 1.54) is 13.0 Å². The molecule has 0 saturated carbocycles. The van der Waals surface area contributed by atoms with Crippen LogP contribution >= 0.6 is 0 Å². The van der Waals surface area contributed by atoms with Gasteiger partial charge in [-0.25, -0.2) is 8.78 Å². The van der Waals surface area contributed by atoms with Crippen LogP contribution in [0.1, 0.15) is 21.7 Å². The summed E-state index contributed by atoms with van der Waals surface area (Å²) in [6, 6.07) is 2.36. The van der Waals surface area contributed by atoms with Crippen molar-refractivity contribution in [3.05, 3.63) is 40.7 Å². The lowest BCUT2D eigenvalue weighted by molar-refractivity contribution is 0.102. The van der Waals surface area contributed by atoms with Gasteiger partial charge in [-0.15, -0.1) is 0 Å². The van der Waals surface area contributed by atoms with Gasteiger partial charge >= 0.3 is 0 Å². The average molecular weight is 266 g/mol. The molecule has 0 spiro atoms. The van der Waals surface area contributed by atoms with E-state index in [9.17, 15) is 13.6 Å². The normalized spacial score (nSPS) is 10.5. The summed E-state index contributed by atoms with van der Waals surface area (Å²) < 4.78 is 27.2. The van der Waals surface area contributed by atoms with E-state index in [1.54, 1.807) is 6.92 Å². The third kappa shape index (κ3) is 2.26. The molecule has 0 aliphatic heterocycles. The van der Waals surface area contributed by atoms with Gasteiger partial charge in [-0.3, -0.25) is 9.89 Å². The van der Waals surface area contributed by atoms with Crippen LogP contribution in [0.15, 0.2) is 12.1 Å². The largest absolute Gasteiger partial charge is 0.395 e. The highest BCUT2D eigenvalue weighted by Crippen LogP contribution is 2.23. The number of rotatable bonds is 2. The van der Waals surface area contributed by atoms with Crippen molar-refractivity contribution in [2.24, 2.45) is 0 Å². The minimum atomic E-state index is -0.859. The number of hydrogen-bond donors (Lipinski definition) is 3. The molecule has 1 amide bonds. The molecular weight excluding hydrogens is 254 g/mol. The maximum atomic E-state index is 13.7. The number of anilines is 2. The van der Waals surface area contributed by atoms with E-state index in [4.69, 9.17) is 5.73 Å². The van der Waals surface area contributed by atoms with Gasteiger partial charge in [0.15, 0.2) is 11.5 Å². The lowest BCUT2D eigenvalue weighted by Gasteiger charge is -2.08. The molecule has 2 rings (SSSR count). The number of halogens is 2. The van der Waals surface area contributed by atoms with E-state index in [0.717, 1.165) is 6.07 Å². The van der Waals surface area contributed by atoms with Crippen LogP contribution in [0.2, 0.25) is 0 Å². The molecular formula is C12H12F2N4O. The summed E-state index contributed by atoms with van der Waals surface area (Å²) in [6.07, 6.45) is 0. The number of nitrogen functional groups attached to an aromatic ring is 1. The number of carbonyl (C=O) groups excluding carboxylic acids is 1. The fourth-order valence-electron chi connectivity index (χ4n) is 1.55. The smallest absolute Gasteiger partial charge is 0.278 e. The highest BCUT2D eigenvalue weighted by atomic mass is 19.1. The predicted molar refractivity (Wildman–Crippen MR) is 66.8 cm³/mol. The van der Waals surface area contributed by atoms with Crippen molar-refractivity contribution in [1.82, 2.24) is 10.2 Å². The summed E-state index contributed by atoms with van der Waals surface area (Å²) in [5.41, 5.74) is 5.89. The van der Waals surface area contributed by atoms with E-state index in [-0.39, 0.29) is 16.9 Å². The number of aromatic amines is 1. The van der Waals surface area contributed by atoms with Crippen LogP contribution in [-0.4, -0.2) is 16.1 Å². The van der Waals surface area contributed by atoms with E-state index >= 15 is 0 Å². The molecule has 0 fully saturated rings. The fourth-order valence-corrected chi connectivity index (χ4v) is 1.55. The second kappa shape index (κ2) is 4.68. The maximum absolute atomic E-state index is 13.7. The van der Waals surface area contributed by atoms with Crippen LogP contribution in [0.4, 0.5) is 20.2 Å². The van der Waals surface area contributed by atoms with Gasteiger partial charge in [0.25, 0.3) is 5.91 Å². The monoisotopic (exact) mass is 266 g/mol. The van der Waals surface area contributed by atoms with Crippen LogP contribution in [0.25, 0.3) is 0 Å². The Hall–Kier alpha value is -2.44. The summed E-state index contributed by atoms with van der Waals surface area (Å²) in [6.45, 7) is 3.10. The Morgan fingerprint density at radius 3 is 2.63 bits per heavy atom. The molecule has 0 atom stereocenters. The van der Waals surface area contributed by atoms with Crippen molar-refractivity contribution in [1.29, 1.82) is 0 Å². The topological polar surface area (TPSA) is 83.8 Å². The first-order valence-corrected chi connectivity index (χ1v) is 5.48. The second-order valence-electron chi connectivity index (χ2n) is 4.12. The van der Waals surface area contributed by atoms with Gasteiger partial charge < -0.3 is 11.1 Å². The molecule has 0 aliphatic rings. The molecule has 1 heterocycles. The number of nitrogens with zero attached hydrogens (tertiary/aromatic N) is 1. The zero-order valence-corrected chi connectivity index (χ0v) is 10.3. The SMILES string of the molecule is Cc1ccc(F)c(NC(=O)c2n[nH]c(C)c2N)c1F. The van der Waals surface area contributed by atoms with Gasteiger partial charge in [-0.1, -0.05) is 6.07 Å². The van der Waals surface area contributed by atoms with Gasteiger partial charge in [0.1, 0.15) is 11.5 Å². The number of carbonyl (C=O) groups is 1. The van der Waals surface area contributed by atoms with E-state index in [2.05, 4.69) is 15.5 Å². The van der Waals surface area contributed by atoms with Gasteiger partial charge in [0, 0.05) is 0 Å². The third-order valence-electron chi connectivity index (χ3n) is 2.73. The molecule has 19 heavy (non-hydrogen) atoms. The molecule has 5 nitrogen and oxygen atoms in total. The molecule has 0 radical (unpaired) electrons. The zero-order chi connectivity index (χ0) is 14.2. The second-order valence-corrected chi connectivity index (χ2v) is 4.12. The predicted octanol–water partition coefficient (Wildman–Crippen LogP) is 2.14. The van der Waals surface area contributed by atoms with E-state index in [0.29, 0.717) is 5.69 Å². The number of aromatic nitrogens is 2. The van der Waals surface area contributed by atoms with Crippen LogP contribution in [0.5, 0.6) is 0 Å². The summed E-state index contributed by atoms with van der Waals surface area (Å²) in [5, 5.41) is 8.35. The first kappa shape index (κ1) is 13.0. The molecule has 0 bridgehead atoms. The molecule has 2 aromatic rings. The maximum Gasteiger partial charge on any atom is 0.278 e. The van der Waals surface area contributed by atoms with Crippen LogP contribution in [-0.2, 0) is 0 Å². The lowest BCUT2D eigenvalue weighted by Crippen LogP contribution is -2.16. The molecule has 0 aliphatic carbocycles. The summed E-state index contributed by atoms with van der Waals surface area (Å²) in [7, 11) is 0. The zero-order valence-electron chi connectivity index (χ0n) is 10.3. The third-order valence-corrected chi connectivity index (χ3v) is 2.73. The van der Waals surface area contributed by atoms with Crippen molar-refractivity contribution < 1.29 is 13.6 Å². The summed E-state index contributed by atoms with van der Waals surface area (Å²) >= 11 is 0. The first-order valence-electron chi connectivity index (χ1n) is 5.48. The highest BCUT2D eigenvalue weighted by molar-refractivity contribution is 6.06. The Kier molecular flexibility index (Phi) is 3.20. The highest BCUT2D eigenvalue weighted by Gasteiger charge is 2.19. The first-order chi connectivity index (χ1) is 8.91. The number of benzene rings is 1. The Bertz CT molecular complexity index is 651. The van der Waals surface area contributed by atoms with Crippen LogP contribution < -0.4 is 11.1 Å². The fraction of sp³-hybridized carbons (Fsp3) is 0.167. The number of nitrogens with one attached hydrogen (secondary N) is 2. The molecule has 1 aromatic heterocycles. The number of nitrogens with two attached hydrogens (primary N) is 1. The lowest BCUT2D eigenvalue weighted by atomic mass is 10.2. The summed E-state index contributed by atoms with van der Waals surface area (Å²) in [4.78, 5) is 11.9. The van der Waals surface area contributed by atoms with Crippen LogP contribution in [0, 0.1) is 25.5 Å². The number of hydrogen-bond acceptors (Lipinski definition) is 3. The minimum absolute atomic E-state index is 0.0993. The standard InChI is InChI=1S/C12H12F2N4O/c1-5-3-4-7(13)10(8(5)14)16-12(19)11-9(15)6(2)17-18-11/h3-4H,15H2,1-2H3,(H,16,19)(H,17,18). The molecule has 4 N–H and O–H groups in total. The van der Waals surface area contributed by atoms with Crippen molar-refractivity contribution in [2.45, 2.75) is 13.8 Å². The minimum Gasteiger partial charge on any atom is -0.395 e. The Morgan fingerprint density at radius 1 is 1.37 bits per heavy atom. The van der Waals surface area contributed by atoms with E-state index in [1.807, 2.05) is 0 Å². The van der Waals surface area contributed by atoms with Gasteiger partial charge in [0.05, 0.1) is 11.4 Å². The molecule has 0 saturated heterocycles.